The quantitative estimate of drug-likeness (QED) is 0.833. The monoisotopic (exact) mass is 377 g/mol. The van der Waals surface area contributed by atoms with Gasteiger partial charge in [0, 0.05) is 38.7 Å². The van der Waals surface area contributed by atoms with E-state index in [0.717, 1.165) is 23.6 Å². The SMILES string of the molecule is CC1CC(C)CN(S(=O)(=O)NCCc2nnc(-c3ccccc3)n2C)C1. The van der Waals surface area contributed by atoms with Gasteiger partial charge in [-0.3, -0.25) is 0 Å². The molecule has 0 radical (unpaired) electrons. The summed E-state index contributed by atoms with van der Waals surface area (Å²) >= 11 is 0. The maximum absolute atomic E-state index is 12.6. The summed E-state index contributed by atoms with van der Waals surface area (Å²) in [5.41, 5.74) is 0.991. The van der Waals surface area contributed by atoms with E-state index in [2.05, 4.69) is 28.8 Å². The minimum Gasteiger partial charge on any atom is -0.314 e. The molecular formula is C18H27N5O2S. The Morgan fingerprint density at radius 1 is 1.12 bits per heavy atom. The molecule has 7 nitrogen and oxygen atoms in total. The van der Waals surface area contributed by atoms with Gasteiger partial charge in [0.2, 0.25) is 0 Å². The van der Waals surface area contributed by atoms with Crippen LogP contribution in [0.15, 0.2) is 30.3 Å². The second-order valence-electron chi connectivity index (χ2n) is 7.28. The third-order valence-electron chi connectivity index (χ3n) is 4.81. The maximum atomic E-state index is 12.6. The molecule has 0 spiro atoms. The van der Waals surface area contributed by atoms with Crippen LogP contribution >= 0.6 is 0 Å². The molecule has 1 aliphatic heterocycles. The first-order valence-corrected chi connectivity index (χ1v) is 10.5. The summed E-state index contributed by atoms with van der Waals surface area (Å²) in [6.07, 6.45) is 1.57. The molecular weight excluding hydrogens is 350 g/mol. The van der Waals surface area contributed by atoms with Crippen molar-refractivity contribution in [1.29, 1.82) is 0 Å². The van der Waals surface area contributed by atoms with Crippen molar-refractivity contribution in [2.24, 2.45) is 18.9 Å². The molecule has 142 valence electrons. The van der Waals surface area contributed by atoms with Crippen molar-refractivity contribution in [2.45, 2.75) is 26.7 Å². The van der Waals surface area contributed by atoms with Gasteiger partial charge in [-0.1, -0.05) is 44.2 Å². The molecule has 3 rings (SSSR count). The molecule has 1 N–H and O–H groups in total. The van der Waals surface area contributed by atoms with Crippen LogP contribution in [0.3, 0.4) is 0 Å². The zero-order valence-electron chi connectivity index (χ0n) is 15.6. The third-order valence-corrected chi connectivity index (χ3v) is 6.35. The number of aromatic nitrogens is 3. The molecule has 0 bridgehead atoms. The lowest BCUT2D eigenvalue weighted by Gasteiger charge is -2.33. The van der Waals surface area contributed by atoms with Crippen LogP contribution in [-0.2, 0) is 23.7 Å². The van der Waals surface area contributed by atoms with Gasteiger partial charge in [-0.05, 0) is 18.3 Å². The Labute approximate surface area is 155 Å². The topological polar surface area (TPSA) is 80.1 Å². The van der Waals surface area contributed by atoms with E-state index < -0.39 is 10.2 Å². The second kappa shape index (κ2) is 7.85. The highest BCUT2D eigenvalue weighted by Gasteiger charge is 2.30. The van der Waals surface area contributed by atoms with Gasteiger partial charge in [0.1, 0.15) is 5.82 Å². The molecule has 26 heavy (non-hydrogen) atoms. The average Bonchev–Trinajstić information content (AvgIpc) is 2.95. The minimum absolute atomic E-state index is 0.308. The molecule has 1 aromatic heterocycles. The Bertz CT molecular complexity index is 825. The van der Waals surface area contributed by atoms with Crippen molar-refractivity contribution in [3.8, 4) is 11.4 Å². The summed E-state index contributed by atoms with van der Waals surface area (Å²) in [5.74, 6) is 2.32. The lowest BCUT2D eigenvalue weighted by atomic mass is 9.94. The molecule has 2 atom stereocenters. The van der Waals surface area contributed by atoms with Crippen molar-refractivity contribution < 1.29 is 8.42 Å². The van der Waals surface area contributed by atoms with Crippen LogP contribution in [0.2, 0.25) is 0 Å². The van der Waals surface area contributed by atoms with Gasteiger partial charge >= 0.3 is 0 Å². The number of piperidine rings is 1. The molecule has 0 amide bonds. The second-order valence-corrected chi connectivity index (χ2v) is 9.03. The van der Waals surface area contributed by atoms with E-state index in [1.807, 2.05) is 41.9 Å². The highest BCUT2D eigenvalue weighted by atomic mass is 32.2. The van der Waals surface area contributed by atoms with Gasteiger partial charge in [-0.15, -0.1) is 10.2 Å². The lowest BCUT2D eigenvalue weighted by molar-refractivity contribution is 0.220. The first-order chi connectivity index (χ1) is 12.4. The predicted molar refractivity (Wildman–Crippen MR) is 102 cm³/mol. The van der Waals surface area contributed by atoms with Gasteiger partial charge in [0.05, 0.1) is 0 Å². The molecule has 1 aliphatic rings. The Kier molecular flexibility index (Phi) is 5.74. The van der Waals surface area contributed by atoms with Crippen LogP contribution < -0.4 is 4.72 Å². The average molecular weight is 378 g/mol. The van der Waals surface area contributed by atoms with E-state index in [1.54, 1.807) is 4.31 Å². The first-order valence-electron chi connectivity index (χ1n) is 9.05. The molecule has 1 saturated heterocycles. The fourth-order valence-electron chi connectivity index (χ4n) is 3.60. The standard InChI is InChI=1S/C18H27N5O2S/c1-14-11-15(2)13-23(12-14)26(24,25)19-10-9-17-20-21-18(22(17)3)16-7-5-4-6-8-16/h4-8,14-15,19H,9-13H2,1-3H3. The van der Waals surface area contributed by atoms with Crippen molar-refractivity contribution >= 4 is 10.2 Å². The lowest BCUT2D eigenvalue weighted by Crippen LogP contribution is -2.48. The van der Waals surface area contributed by atoms with Crippen LogP contribution in [0.5, 0.6) is 0 Å². The number of hydrogen-bond donors (Lipinski definition) is 1. The summed E-state index contributed by atoms with van der Waals surface area (Å²) in [6.45, 7) is 5.68. The van der Waals surface area contributed by atoms with Gasteiger partial charge in [-0.2, -0.15) is 12.7 Å². The Hall–Kier alpha value is -1.77. The molecule has 0 aliphatic carbocycles. The molecule has 8 heteroatoms. The van der Waals surface area contributed by atoms with Crippen LogP contribution in [0.1, 0.15) is 26.1 Å². The Morgan fingerprint density at radius 2 is 1.77 bits per heavy atom. The Morgan fingerprint density at radius 3 is 2.42 bits per heavy atom. The molecule has 0 saturated carbocycles. The van der Waals surface area contributed by atoms with Gasteiger partial charge < -0.3 is 4.57 Å². The van der Waals surface area contributed by atoms with Gasteiger partial charge in [0.25, 0.3) is 10.2 Å². The van der Waals surface area contributed by atoms with E-state index in [-0.39, 0.29) is 0 Å². The molecule has 1 aromatic carbocycles. The van der Waals surface area contributed by atoms with E-state index >= 15 is 0 Å². The zero-order valence-corrected chi connectivity index (χ0v) is 16.4. The van der Waals surface area contributed by atoms with Crippen molar-refractivity contribution in [1.82, 2.24) is 23.8 Å². The van der Waals surface area contributed by atoms with Crippen LogP contribution in [0, 0.1) is 11.8 Å². The molecule has 2 aromatic rings. The smallest absolute Gasteiger partial charge is 0.279 e. The highest BCUT2D eigenvalue weighted by molar-refractivity contribution is 7.87. The maximum Gasteiger partial charge on any atom is 0.279 e. The number of nitrogens with zero attached hydrogens (tertiary/aromatic N) is 4. The molecule has 1 fully saturated rings. The summed E-state index contributed by atoms with van der Waals surface area (Å²) in [5, 5.41) is 8.45. The number of benzene rings is 1. The van der Waals surface area contributed by atoms with Crippen LogP contribution in [-0.4, -0.2) is 47.1 Å². The molecule has 2 heterocycles. The number of nitrogens with one attached hydrogen (secondary N) is 1. The fraction of sp³-hybridized carbons (Fsp3) is 0.556. The summed E-state index contributed by atoms with van der Waals surface area (Å²) in [4.78, 5) is 0. The summed E-state index contributed by atoms with van der Waals surface area (Å²) < 4.78 is 31.3. The molecule has 2 unspecified atom stereocenters. The van der Waals surface area contributed by atoms with Crippen molar-refractivity contribution in [3.63, 3.8) is 0 Å². The minimum atomic E-state index is -3.45. The third kappa shape index (κ3) is 4.31. The Balaban J connectivity index is 1.61. The van der Waals surface area contributed by atoms with Gasteiger partial charge in [0.15, 0.2) is 5.82 Å². The highest BCUT2D eigenvalue weighted by Crippen LogP contribution is 2.22. The van der Waals surface area contributed by atoms with Gasteiger partial charge in [-0.25, -0.2) is 4.72 Å². The van der Waals surface area contributed by atoms with E-state index in [4.69, 9.17) is 0 Å². The number of hydrogen-bond acceptors (Lipinski definition) is 4. The predicted octanol–water partition coefficient (Wildman–Crippen LogP) is 1.84. The largest absolute Gasteiger partial charge is 0.314 e. The first kappa shape index (κ1) is 19.0. The van der Waals surface area contributed by atoms with Crippen LogP contribution in [0.4, 0.5) is 0 Å². The fourth-order valence-corrected chi connectivity index (χ4v) is 5.05. The zero-order chi connectivity index (χ0) is 18.7. The van der Waals surface area contributed by atoms with E-state index in [9.17, 15) is 8.42 Å². The van der Waals surface area contributed by atoms with Crippen molar-refractivity contribution in [3.05, 3.63) is 36.2 Å². The summed E-state index contributed by atoms with van der Waals surface area (Å²) in [6, 6.07) is 9.83. The van der Waals surface area contributed by atoms with Crippen LogP contribution in [0.25, 0.3) is 11.4 Å². The normalized spacial score (nSPS) is 21.8. The van der Waals surface area contributed by atoms with E-state index in [1.165, 1.54) is 0 Å². The summed E-state index contributed by atoms with van der Waals surface area (Å²) in [7, 11) is -1.55. The van der Waals surface area contributed by atoms with Crippen molar-refractivity contribution in [2.75, 3.05) is 19.6 Å². The number of rotatable bonds is 6. The van der Waals surface area contributed by atoms with E-state index in [0.29, 0.717) is 37.9 Å².